The Labute approximate surface area is 178 Å². The van der Waals surface area contributed by atoms with Crippen LogP contribution in [0.15, 0.2) is 42.5 Å². The Morgan fingerprint density at radius 2 is 1.90 bits per heavy atom. The third kappa shape index (κ3) is 4.77. The van der Waals surface area contributed by atoms with Crippen LogP contribution in [0.4, 0.5) is 5.69 Å². The minimum Gasteiger partial charge on any atom is -0.497 e. The van der Waals surface area contributed by atoms with Gasteiger partial charge in [0.05, 0.1) is 32.8 Å². The fourth-order valence-electron chi connectivity index (χ4n) is 4.34. The summed E-state index contributed by atoms with van der Waals surface area (Å²) in [5.41, 5.74) is 4.98. The quantitative estimate of drug-likeness (QED) is 0.761. The highest BCUT2D eigenvalue weighted by Crippen LogP contribution is 2.31. The number of amides is 1. The minimum absolute atomic E-state index is 0.0410. The van der Waals surface area contributed by atoms with Crippen LogP contribution in [0.1, 0.15) is 22.7 Å². The summed E-state index contributed by atoms with van der Waals surface area (Å²) in [4.78, 5) is 17.4. The first-order valence-electron chi connectivity index (χ1n) is 10.7. The maximum Gasteiger partial charge on any atom is 0.224 e. The molecule has 1 N–H and O–H groups in total. The molecule has 1 fully saturated rings. The van der Waals surface area contributed by atoms with Gasteiger partial charge >= 0.3 is 0 Å². The summed E-state index contributed by atoms with van der Waals surface area (Å²) in [7, 11) is 3.79. The summed E-state index contributed by atoms with van der Waals surface area (Å²) in [5, 5.41) is 3.17. The molecule has 1 atom stereocenters. The molecule has 2 aromatic rings. The van der Waals surface area contributed by atoms with Crippen molar-refractivity contribution >= 4 is 11.6 Å². The van der Waals surface area contributed by atoms with Crippen molar-refractivity contribution in [3.05, 3.63) is 59.2 Å². The Kier molecular flexibility index (Phi) is 6.55. The zero-order valence-electron chi connectivity index (χ0n) is 17.9. The van der Waals surface area contributed by atoms with Crippen LogP contribution in [0.25, 0.3) is 0 Å². The smallest absolute Gasteiger partial charge is 0.224 e. The Bertz CT molecular complexity index is 862. The maximum atomic E-state index is 12.6. The summed E-state index contributed by atoms with van der Waals surface area (Å²) in [6.07, 6.45) is 1.45. The first kappa shape index (κ1) is 20.7. The van der Waals surface area contributed by atoms with Crippen LogP contribution in [0, 0.1) is 0 Å². The van der Waals surface area contributed by atoms with Crippen LogP contribution in [0.5, 0.6) is 5.75 Å². The van der Waals surface area contributed by atoms with Crippen LogP contribution in [-0.2, 0) is 22.4 Å². The van der Waals surface area contributed by atoms with Crippen molar-refractivity contribution in [2.45, 2.75) is 18.9 Å². The van der Waals surface area contributed by atoms with Gasteiger partial charge in [0.15, 0.2) is 0 Å². The van der Waals surface area contributed by atoms with Crippen molar-refractivity contribution < 1.29 is 14.3 Å². The number of benzene rings is 2. The van der Waals surface area contributed by atoms with Crippen LogP contribution in [0.3, 0.4) is 0 Å². The number of morpholine rings is 1. The predicted molar refractivity (Wildman–Crippen MR) is 118 cm³/mol. The van der Waals surface area contributed by atoms with Gasteiger partial charge < -0.3 is 19.7 Å². The largest absolute Gasteiger partial charge is 0.497 e. The molecule has 0 spiro atoms. The first-order valence-corrected chi connectivity index (χ1v) is 10.7. The fraction of sp³-hybridized carbons (Fsp3) is 0.458. The second-order valence-electron chi connectivity index (χ2n) is 8.05. The lowest BCUT2D eigenvalue weighted by Gasteiger charge is -2.35. The Hall–Kier alpha value is -2.57. The normalized spacial score (nSPS) is 17.5. The van der Waals surface area contributed by atoms with Crippen molar-refractivity contribution in [1.82, 2.24) is 10.2 Å². The summed E-state index contributed by atoms with van der Waals surface area (Å²) in [6, 6.07) is 14.6. The van der Waals surface area contributed by atoms with E-state index in [4.69, 9.17) is 9.47 Å². The van der Waals surface area contributed by atoms with Gasteiger partial charge in [0, 0.05) is 38.9 Å². The Balaban J connectivity index is 1.44. The topological polar surface area (TPSA) is 54.0 Å². The van der Waals surface area contributed by atoms with E-state index in [1.165, 1.54) is 16.8 Å². The van der Waals surface area contributed by atoms with E-state index in [2.05, 4.69) is 40.4 Å². The number of ether oxygens (including phenoxy) is 2. The molecular weight excluding hydrogens is 378 g/mol. The van der Waals surface area contributed by atoms with Crippen LogP contribution in [-0.4, -0.2) is 64.4 Å². The highest BCUT2D eigenvalue weighted by Gasteiger charge is 2.25. The standard InChI is InChI=1S/C24H31N3O3/c1-26-10-9-20-16-19(5-8-22(20)26)23(27-11-13-30-14-12-27)17-25-24(28)15-18-3-6-21(29-2)7-4-18/h3-8,16,23H,9-15,17H2,1-2H3,(H,25,28)/t23-/m0/s1. The number of rotatable bonds is 7. The van der Waals surface area contributed by atoms with Gasteiger partial charge in [-0.05, 0) is 41.3 Å². The number of carbonyl (C=O) groups excluding carboxylic acids is 1. The van der Waals surface area contributed by atoms with Crippen molar-refractivity contribution in [1.29, 1.82) is 0 Å². The number of hydrogen-bond donors (Lipinski definition) is 1. The Morgan fingerprint density at radius 3 is 2.63 bits per heavy atom. The molecule has 0 saturated carbocycles. The lowest BCUT2D eigenvalue weighted by atomic mass is 10.00. The van der Waals surface area contributed by atoms with E-state index in [1.807, 2.05) is 24.3 Å². The number of fused-ring (bicyclic) bond motifs is 1. The summed E-state index contributed by atoms with van der Waals surface area (Å²) >= 11 is 0. The van der Waals surface area contributed by atoms with E-state index >= 15 is 0 Å². The van der Waals surface area contributed by atoms with Crippen molar-refractivity contribution in [3.8, 4) is 5.75 Å². The van der Waals surface area contributed by atoms with Gasteiger partial charge in [-0.25, -0.2) is 0 Å². The number of likely N-dealkylation sites (N-methyl/N-ethyl adjacent to an activating group) is 1. The maximum absolute atomic E-state index is 12.6. The van der Waals surface area contributed by atoms with Gasteiger partial charge in [-0.1, -0.05) is 24.3 Å². The fourth-order valence-corrected chi connectivity index (χ4v) is 4.34. The summed E-state index contributed by atoms with van der Waals surface area (Å²) < 4.78 is 10.7. The van der Waals surface area contributed by atoms with Gasteiger partial charge in [0.1, 0.15) is 5.75 Å². The van der Waals surface area contributed by atoms with E-state index < -0.39 is 0 Å². The second-order valence-corrected chi connectivity index (χ2v) is 8.05. The lowest BCUT2D eigenvalue weighted by molar-refractivity contribution is -0.120. The molecule has 0 unspecified atom stereocenters. The summed E-state index contributed by atoms with van der Waals surface area (Å²) in [5.74, 6) is 0.841. The van der Waals surface area contributed by atoms with E-state index in [1.54, 1.807) is 7.11 Å². The van der Waals surface area contributed by atoms with Gasteiger partial charge in [0.25, 0.3) is 0 Å². The molecule has 2 heterocycles. The molecule has 160 valence electrons. The van der Waals surface area contributed by atoms with Crippen LogP contribution in [0.2, 0.25) is 0 Å². The van der Waals surface area contributed by atoms with Crippen molar-refractivity contribution in [2.75, 3.05) is 58.5 Å². The molecule has 1 amide bonds. The molecule has 1 saturated heterocycles. The van der Waals surface area contributed by atoms with E-state index in [9.17, 15) is 4.79 Å². The molecule has 0 aromatic heterocycles. The molecule has 30 heavy (non-hydrogen) atoms. The van der Waals surface area contributed by atoms with Gasteiger partial charge in [-0.2, -0.15) is 0 Å². The van der Waals surface area contributed by atoms with Crippen molar-refractivity contribution in [2.24, 2.45) is 0 Å². The second kappa shape index (κ2) is 9.49. The van der Waals surface area contributed by atoms with Crippen LogP contribution < -0.4 is 15.0 Å². The van der Waals surface area contributed by atoms with E-state index in [0.29, 0.717) is 13.0 Å². The average molecular weight is 410 g/mol. The number of nitrogens with one attached hydrogen (secondary N) is 1. The van der Waals surface area contributed by atoms with Gasteiger partial charge in [0.2, 0.25) is 5.91 Å². The summed E-state index contributed by atoms with van der Waals surface area (Å²) in [6.45, 7) is 4.92. The van der Waals surface area contributed by atoms with Crippen molar-refractivity contribution in [3.63, 3.8) is 0 Å². The minimum atomic E-state index is 0.0410. The molecule has 6 nitrogen and oxygen atoms in total. The zero-order chi connectivity index (χ0) is 20.9. The third-order valence-electron chi connectivity index (χ3n) is 6.12. The molecule has 2 aromatic carbocycles. The molecule has 0 bridgehead atoms. The number of carbonyl (C=O) groups is 1. The van der Waals surface area contributed by atoms with E-state index in [-0.39, 0.29) is 11.9 Å². The molecule has 4 rings (SSSR count). The number of anilines is 1. The number of methoxy groups -OCH3 is 1. The Morgan fingerprint density at radius 1 is 1.13 bits per heavy atom. The monoisotopic (exact) mass is 409 g/mol. The molecule has 6 heteroatoms. The SMILES string of the molecule is COc1ccc(CC(=O)NC[C@@H](c2ccc3c(c2)CCN3C)N2CCOCC2)cc1. The van der Waals surface area contributed by atoms with Crippen LogP contribution >= 0.6 is 0 Å². The average Bonchev–Trinajstić information content (AvgIpc) is 3.15. The predicted octanol–water partition coefficient (Wildman–Crippen LogP) is 2.42. The highest BCUT2D eigenvalue weighted by atomic mass is 16.5. The van der Waals surface area contributed by atoms with E-state index in [0.717, 1.165) is 50.6 Å². The molecular formula is C24H31N3O3. The third-order valence-corrected chi connectivity index (χ3v) is 6.12. The molecule has 2 aliphatic rings. The lowest BCUT2D eigenvalue weighted by Crippen LogP contribution is -2.44. The number of hydrogen-bond acceptors (Lipinski definition) is 5. The molecule has 2 aliphatic heterocycles. The first-order chi connectivity index (χ1) is 14.6. The van der Waals surface area contributed by atoms with Gasteiger partial charge in [-0.3, -0.25) is 9.69 Å². The molecule has 0 aliphatic carbocycles. The molecule has 0 radical (unpaired) electrons. The zero-order valence-corrected chi connectivity index (χ0v) is 17.9. The number of nitrogens with zero attached hydrogens (tertiary/aromatic N) is 2. The van der Waals surface area contributed by atoms with Gasteiger partial charge in [-0.15, -0.1) is 0 Å². The highest BCUT2D eigenvalue weighted by molar-refractivity contribution is 5.78.